The Balaban J connectivity index is 1.72. The molecular formula is C14H22ClNO. The number of nitrogens with two attached hydrogens (primary N) is 1. The molecule has 3 heteroatoms. The zero-order valence-electron chi connectivity index (χ0n) is 10.3. The monoisotopic (exact) mass is 255 g/mol. The van der Waals surface area contributed by atoms with Gasteiger partial charge in [-0.25, -0.2) is 0 Å². The summed E-state index contributed by atoms with van der Waals surface area (Å²) < 4.78 is 0. The molecule has 4 aliphatic rings. The molecule has 4 rings (SSSR count). The Morgan fingerprint density at radius 1 is 1.18 bits per heavy atom. The van der Waals surface area contributed by atoms with E-state index in [1.807, 2.05) is 0 Å². The third kappa shape index (κ3) is 2.15. The molecule has 0 radical (unpaired) electrons. The quantitative estimate of drug-likeness (QED) is 0.785. The maximum Gasteiger partial charge on any atom is 0.164 e. The Morgan fingerprint density at radius 2 is 1.65 bits per heavy atom. The zero-order valence-corrected chi connectivity index (χ0v) is 11.1. The molecule has 0 heterocycles. The molecule has 0 amide bonds. The van der Waals surface area contributed by atoms with Gasteiger partial charge in [-0.2, -0.15) is 0 Å². The lowest BCUT2D eigenvalue weighted by molar-refractivity contribution is -0.120. The first-order chi connectivity index (χ1) is 8.10. The lowest BCUT2D eigenvalue weighted by Crippen LogP contribution is -2.49. The van der Waals surface area contributed by atoms with Gasteiger partial charge in [-0.15, -0.1) is 11.6 Å². The average Bonchev–Trinajstić information content (AvgIpc) is 2.25. The molecule has 0 saturated heterocycles. The first kappa shape index (κ1) is 12.0. The minimum absolute atomic E-state index is 0.0300. The highest BCUT2D eigenvalue weighted by molar-refractivity contribution is 6.28. The van der Waals surface area contributed by atoms with Crippen molar-refractivity contribution in [3.8, 4) is 0 Å². The smallest absolute Gasteiger partial charge is 0.164 e. The molecule has 0 aliphatic heterocycles. The molecule has 96 valence electrons. The van der Waals surface area contributed by atoms with Crippen LogP contribution in [0.4, 0.5) is 0 Å². The SMILES string of the molecule is NC(CC12CC3CC(CC(C3)C1)C2)C(=O)CCl. The van der Waals surface area contributed by atoms with Crippen LogP contribution in [0.15, 0.2) is 0 Å². The maximum absolute atomic E-state index is 11.6. The molecule has 0 spiro atoms. The first-order valence-corrected chi connectivity index (χ1v) is 7.48. The second-order valence-electron chi connectivity index (χ2n) is 6.83. The molecule has 17 heavy (non-hydrogen) atoms. The highest BCUT2D eigenvalue weighted by Crippen LogP contribution is 2.61. The minimum atomic E-state index is -0.316. The van der Waals surface area contributed by atoms with Crippen molar-refractivity contribution in [1.29, 1.82) is 0 Å². The highest BCUT2D eigenvalue weighted by atomic mass is 35.5. The summed E-state index contributed by atoms with van der Waals surface area (Å²) in [6.07, 6.45) is 9.18. The molecule has 2 nitrogen and oxygen atoms in total. The number of alkyl halides is 1. The lowest BCUT2D eigenvalue weighted by Gasteiger charge is -2.57. The molecule has 4 bridgehead atoms. The highest BCUT2D eigenvalue weighted by Gasteiger charge is 2.51. The van der Waals surface area contributed by atoms with Crippen molar-refractivity contribution >= 4 is 17.4 Å². The molecule has 0 aromatic heterocycles. The number of carbonyl (C=O) groups excluding carboxylic acids is 1. The van der Waals surface area contributed by atoms with Gasteiger partial charge in [0.1, 0.15) is 0 Å². The Bertz CT molecular complexity index is 293. The van der Waals surface area contributed by atoms with Gasteiger partial charge in [-0.1, -0.05) is 0 Å². The molecule has 4 fully saturated rings. The van der Waals surface area contributed by atoms with Gasteiger partial charge in [-0.05, 0) is 68.1 Å². The summed E-state index contributed by atoms with van der Waals surface area (Å²) in [4.78, 5) is 11.6. The number of rotatable bonds is 4. The van der Waals surface area contributed by atoms with Crippen LogP contribution in [-0.2, 0) is 4.79 Å². The molecule has 4 aliphatic carbocycles. The van der Waals surface area contributed by atoms with Crippen LogP contribution in [0.25, 0.3) is 0 Å². The van der Waals surface area contributed by atoms with E-state index in [1.54, 1.807) is 0 Å². The van der Waals surface area contributed by atoms with E-state index in [9.17, 15) is 4.79 Å². The van der Waals surface area contributed by atoms with Gasteiger partial charge in [0.15, 0.2) is 5.78 Å². The van der Waals surface area contributed by atoms with Crippen LogP contribution in [0.1, 0.15) is 44.9 Å². The summed E-state index contributed by atoms with van der Waals surface area (Å²) in [5, 5.41) is 0. The number of hydrogen-bond donors (Lipinski definition) is 1. The maximum atomic E-state index is 11.6. The van der Waals surface area contributed by atoms with Crippen LogP contribution >= 0.6 is 11.6 Å². The summed E-state index contributed by atoms with van der Waals surface area (Å²) in [5.41, 5.74) is 6.41. The third-order valence-corrected chi connectivity index (χ3v) is 5.63. The van der Waals surface area contributed by atoms with Crippen LogP contribution < -0.4 is 5.73 Å². The van der Waals surface area contributed by atoms with Gasteiger partial charge in [0.2, 0.25) is 0 Å². The van der Waals surface area contributed by atoms with E-state index in [0.717, 1.165) is 24.2 Å². The van der Waals surface area contributed by atoms with E-state index in [-0.39, 0.29) is 17.7 Å². The predicted molar refractivity (Wildman–Crippen MR) is 68.9 cm³/mol. The third-order valence-electron chi connectivity index (χ3n) is 5.36. The Morgan fingerprint density at radius 3 is 2.06 bits per heavy atom. The molecule has 2 N–H and O–H groups in total. The number of hydrogen-bond acceptors (Lipinski definition) is 2. The standard InChI is InChI=1S/C14H22ClNO/c15-8-13(17)12(16)7-14-4-9-1-10(5-14)3-11(2-9)6-14/h9-12H,1-8,16H2. The molecular weight excluding hydrogens is 234 g/mol. The van der Waals surface area contributed by atoms with Gasteiger partial charge < -0.3 is 5.73 Å². The van der Waals surface area contributed by atoms with E-state index in [0.29, 0.717) is 5.41 Å². The van der Waals surface area contributed by atoms with Crippen LogP contribution in [0, 0.1) is 23.2 Å². The molecule has 0 aromatic carbocycles. The fourth-order valence-corrected chi connectivity index (χ4v) is 5.42. The second-order valence-corrected chi connectivity index (χ2v) is 7.10. The van der Waals surface area contributed by atoms with Crippen molar-refractivity contribution in [3.05, 3.63) is 0 Å². The molecule has 0 aromatic rings. The van der Waals surface area contributed by atoms with Crippen molar-refractivity contribution in [1.82, 2.24) is 0 Å². The van der Waals surface area contributed by atoms with Crippen LogP contribution in [0.3, 0.4) is 0 Å². The largest absolute Gasteiger partial charge is 0.321 e. The molecule has 1 atom stereocenters. The van der Waals surface area contributed by atoms with E-state index in [2.05, 4.69) is 0 Å². The Labute approximate surface area is 108 Å². The summed E-state index contributed by atoms with van der Waals surface area (Å²) in [6, 6.07) is -0.316. The summed E-state index contributed by atoms with van der Waals surface area (Å²) >= 11 is 5.60. The van der Waals surface area contributed by atoms with Crippen LogP contribution in [-0.4, -0.2) is 17.7 Å². The van der Waals surface area contributed by atoms with Crippen molar-refractivity contribution in [3.63, 3.8) is 0 Å². The summed E-state index contributed by atoms with van der Waals surface area (Å²) in [5.74, 6) is 2.90. The van der Waals surface area contributed by atoms with Gasteiger partial charge in [-0.3, -0.25) is 4.79 Å². The van der Waals surface area contributed by atoms with Crippen molar-refractivity contribution < 1.29 is 4.79 Å². The van der Waals surface area contributed by atoms with E-state index in [4.69, 9.17) is 17.3 Å². The topological polar surface area (TPSA) is 43.1 Å². The predicted octanol–water partition coefficient (Wildman–Crippen LogP) is 2.73. The lowest BCUT2D eigenvalue weighted by atomic mass is 9.48. The second kappa shape index (κ2) is 4.24. The Kier molecular flexibility index (Phi) is 2.99. The zero-order chi connectivity index (χ0) is 12.0. The molecule has 1 unspecified atom stereocenters. The van der Waals surface area contributed by atoms with Gasteiger partial charge in [0.25, 0.3) is 0 Å². The van der Waals surface area contributed by atoms with Crippen molar-refractivity contribution in [2.45, 2.75) is 51.0 Å². The van der Waals surface area contributed by atoms with Gasteiger partial charge >= 0.3 is 0 Å². The fraction of sp³-hybridized carbons (Fsp3) is 0.929. The fourth-order valence-electron chi connectivity index (χ4n) is 5.22. The van der Waals surface area contributed by atoms with Crippen molar-refractivity contribution in [2.24, 2.45) is 28.9 Å². The molecule has 4 saturated carbocycles. The summed E-state index contributed by atoms with van der Waals surface area (Å²) in [6.45, 7) is 0. The van der Waals surface area contributed by atoms with Crippen LogP contribution in [0.2, 0.25) is 0 Å². The van der Waals surface area contributed by atoms with Gasteiger partial charge in [0.05, 0.1) is 11.9 Å². The number of Topliss-reactive ketones (excluding diaryl/α,β-unsaturated/α-hetero) is 1. The van der Waals surface area contributed by atoms with Crippen molar-refractivity contribution in [2.75, 3.05) is 5.88 Å². The van der Waals surface area contributed by atoms with E-state index in [1.165, 1.54) is 38.5 Å². The average molecular weight is 256 g/mol. The minimum Gasteiger partial charge on any atom is -0.321 e. The van der Waals surface area contributed by atoms with E-state index < -0.39 is 0 Å². The van der Waals surface area contributed by atoms with E-state index >= 15 is 0 Å². The first-order valence-electron chi connectivity index (χ1n) is 6.94. The normalized spacial score (nSPS) is 44.9. The number of carbonyl (C=O) groups is 1. The van der Waals surface area contributed by atoms with Gasteiger partial charge in [0, 0.05) is 0 Å². The number of halogens is 1. The number of ketones is 1. The van der Waals surface area contributed by atoms with Crippen LogP contribution in [0.5, 0.6) is 0 Å². The Hall–Kier alpha value is -0.0800. The summed E-state index contributed by atoms with van der Waals surface area (Å²) in [7, 11) is 0.